The zero-order chi connectivity index (χ0) is 26.0. The third-order valence-electron chi connectivity index (χ3n) is 4.87. The van der Waals surface area contributed by atoms with Gasteiger partial charge in [0.05, 0.1) is 12.1 Å². The smallest absolute Gasteiger partial charge is 0.435 e. The number of benzene rings is 1. The molecule has 0 bridgehead atoms. The minimum atomic E-state index is -4.68. The molecule has 0 saturated heterocycles. The maximum absolute atomic E-state index is 13.5. The van der Waals surface area contributed by atoms with Crippen molar-refractivity contribution in [1.82, 2.24) is 30.0 Å². The third-order valence-corrected chi connectivity index (χ3v) is 5.16. The van der Waals surface area contributed by atoms with Crippen molar-refractivity contribution in [3.05, 3.63) is 71.0 Å². The molecule has 2 N–H and O–H groups in total. The van der Waals surface area contributed by atoms with Gasteiger partial charge in [0.2, 0.25) is 11.8 Å². The Balaban J connectivity index is 1.85. The first kappa shape index (κ1) is 24.9. The van der Waals surface area contributed by atoms with Crippen molar-refractivity contribution in [1.29, 1.82) is 0 Å². The minimum Gasteiger partial charge on any atom is -0.480 e. The second kappa shape index (κ2) is 9.77. The van der Waals surface area contributed by atoms with E-state index in [1.165, 1.54) is 44.8 Å². The average Bonchev–Trinajstić information content (AvgIpc) is 3.36. The summed E-state index contributed by atoms with van der Waals surface area (Å²) in [5.74, 6) is -1.16. The quantitative estimate of drug-likeness (QED) is 0.356. The summed E-state index contributed by atoms with van der Waals surface area (Å²) in [5.41, 5.74) is -0.182. The maximum Gasteiger partial charge on any atom is 0.435 e. The number of carbonyl (C=O) groups is 1. The Morgan fingerprint density at radius 3 is 2.56 bits per heavy atom. The monoisotopic (exact) mass is 521 g/mol. The highest BCUT2D eigenvalue weighted by Crippen LogP contribution is 2.32. The fourth-order valence-electron chi connectivity index (χ4n) is 3.17. The van der Waals surface area contributed by atoms with E-state index < -0.39 is 23.6 Å². The Morgan fingerprint density at radius 1 is 1.14 bits per heavy atom. The van der Waals surface area contributed by atoms with Crippen LogP contribution in [0, 0.1) is 5.82 Å². The van der Waals surface area contributed by atoms with Gasteiger partial charge in [-0.1, -0.05) is 11.6 Å². The van der Waals surface area contributed by atoms with Gasteiger partial charge in [-0.15, -0.1) is 0 Å². The molecule has 0 saturated carbocycles. The minimum absolute atomic E-state index is 0.0338. The van der Waals surface area contributed by atoms with Crippen LogP contribution >= 0.6 is 11.6 Å². The van der Waals surface area contributed by atoms with Crippen LogP contribution in [0.25, 0.3) is 16.9 Å². The number of pyridine rings is 1. The van der Waals surface area contributed by atoms with Crippen molar-refractivity contribution >= 4 is 29.1 Å². The van der Waals surface area contributed by atoms with Crippen LogP contribution < -0.4 is 15.4 Å². The van der Waals surface area contributed by atoms with E-state index in [9.17, 15) is 22.4 Å². The molecule has 0 aliphatic rings. The van der Waals surface area contributed by atoms with E-state index in [1.54, 1.807) is 0 Å². The molecule has 1 aromatic carbocycles. The van der Waals surface area contributed by atoms with E-state index in [0.29, 0.717) is 11.3 Å². The van der Waals surface area contributed by atoms with E-state index >= 15 is 0 Å². The number of halogens is 5. The third kappa shape index (κ3) is 5.05. The number of ether oxygens (including phenoxy) is 1. The predicted molar refractivity (Wildman–Crippen MR) is 122 cm³/mol. The summed E-state index contributed by atoms with van der Waals surface area (Å²) < 4.78 is 59.2. The number of nitrogens with zero attached hydrogens (tertiary/aromatic N) is 5. The number of amides is 1. The standard InChI is InChI=1S/C22H16ClF4N7O2/c1-28-19(35)13-7-11(9-29-20(13)36-2)14-10-30-21(31-12-3-4-16(24)15(23)8-12)32-18(14)34-6-5-17(33-34)22(25,26)27/h3-10H,1-2H3,(H,28,35)(H,30,31,32). The lowest BCUT2D eigenvalue weighted by Gasteiger charge is -2.13. The van der Waals surface area contributed by atoms with Crippen molar-refractivity contribution in [2.75, 3.05) is 19.5 Å². The molecular weight excluding hydrogens is 506 g/mol. The molecule has 9 nitrogen and oxygen atoms in total. The van der Waals surface area contributed by atoms with Crippen molar-refractivity contribution in [2.24, 2.45) is 0 Å². The molecule has 3 aromatic heterocycles. The zero-order valence-corrected chi connectivity index (χ0v) is 19.3. The number of aromatic nitrogens is 5. The molecule has 36 heavy (non-hydrogen) atoms. The molecule has 0 spiro atoms. The molecular formula is C22H16ClF4N7O2. The van der Waals surface area contributed by atoms with Gasteiger partial charge in [-0.2, -0.15) is 23.3 Å². The number of rotatable bonds is 6. The SMILES string of the molecule is CNC(=O)c1cc(-c2cnc(Nc3ccc(F)c(Cl)c3)nc2-n2ccc(C(F)(F)F)n2)cnc1OC. The maximum atomic E-state index is 13.5. The normalized spacial score (nSPS) is 11.3. The van der Waals surface area contributed by atoms with Gasteiger partial charge in [-0.05, 0) is 30.3 Å². The zero-order valence-electron chi connectivity index (χ0n) is 18.6. The number of methoxy groups -OCH3 is 1. The van der Waals surface area contributed by atoms with Crippen LogP contribution in [0.1, 0.15) is 16.1 Å². The van der Waals surface area contributed by atoms with Crippen molar-refractivity contribution < 1.29 is 27.1 Å². The summed E-state index contributed by atoms with van der Waals surface area (Å²) in [6.07, 6.45) is -0.918. The Kier molecular flexibility index (Phi) is 6.75. The van der Waals surface area contributed by atoms with Crippen LogP contribution in [-0.4, -0.2) is 44.8 Å². The van der Waals surface area contributed by atoms with E-state index in [4.69, 9.17) is 16.3 Å². The summed E-state index contributed by atoms with van der Waals surface area (Å²) in [4.78, 5) is 24.9. The summed E-state index contributed by atoms with van der Waals surface area (Å²) in [7, 11) is 2.77. The molecule has 0 aliphatic heterocycles. The molecule has 14 heteroatoms. The molecule has 3 heterocycles. The fraction of sp³-hybridized carbons (Fsp3) is 0.136. The van der Waals surface area contributed by atoms with Crippen molar-refractivity contribution in [2.45, 2.75) is 6.18 Å². The largest absolute Gasteiger partial charge is 0.480 e. The molecule has 4 rings (SSSR count). The van der Waals surface area contributed by atoms with Gasteiger partial charge in [0.15, 0.2) is 11.5 Å². The van der Waals surface area contributed by atoms with Crippen molar-refractivity contribution in [3.8, 4) is 22.8 Å². The van der Waals surface area contributed by atoms with Crippen LogP contribution in [0.2, 0.25) is 5.02 Å². The number of hydrogen-bond donors (Lipinski definition) is 2. The summed E-state index contributed by atoms with van der Waals surface area (Å²) in [5, 5.41) is 8.73. The number of alkyl halides is 3. The molecule has 186 valence electrons. The molecule has 0 aliphatic carbocycles. The Bertz CT molecular complexity index is 1440. The van der Waals surface area contributed by atoms with Crippen LogP contribution in [0.3, 0.4) is 0 Å². The number of carbonyl (C=O) groups excluding carboxylic acids is 1. The molecule has 4 aromatic rings. The van der Waals surface area contributed by atoms with Crippen LogP contribution in [0.5, 0.6) is 5.88 Å². The van der Waals surface area contributed by atoms with E-state index in [2.05, 4.69) is 30.7 Å². The lowest BCUT2D eigenvalue weighted by atomic mass is 10.1. The highest BCUT2D eigenvalue weighted by atomic mass is 35.5. The summed E-state index contributed by atoms with van der Waals surface area (Å²) in [6, 6.07) is 6.05. The molecule has 0 radical (unpaired) electrons. The molecule has 0 unspecified atom stereocenters. The lowest BCUT2D eigenvalue weighted by molar-refractivity contribution is -0.141. The summed E-state index contributed by atoms with van der Waals surface area (Å²) in [6.45, 7) is 0. The van der Waals surface area contributed by atoms with Crippen LogP contribution in [0.15, 0.2) is 48.9 Å². The highest BCUT2D eigenvalue weighted by molar-refractivity contribution is 6.31. The highest BCUT2D eigenvalue weighted by Gasteiger charge is 2.34. The second-order valence-electron chi connectivity index (χ2n) is 7.19. The topological polar surface area (TPSA) is 107 Å². The first-order valence-electron chi connectivity index (χ1n) is 10.1. The molecule has 0 fully saturated rings. The van der Waals surface area contributed by atoms with Gasteiger partial charge in [-0.3, -0.25) is 4.79 Å². The first-order chi connectivity index (χ1) is 17.1. The second-order valence-corrected chi connectivity index (χ2v) is 7.60. The fourth-order valence-corrected chi connectivity index (χ4v) is 3.35. The van der Waals surface area contributed by atoms with Crippen LogP contribution in [-0.2, 0) is 6.18 Å². The van der Waals surface area contributed by atoms with E-state index in [1.807, 2.05) is 0 Å². The van der Waals surface area contributed by atoms with Gasteiger partial charge < -0.3 is 15.4 Å². The van der Waals surface area contributed by atoms with E-state index in [-0.39, 0.29) is 33.8 Å². The van der Waals surface area contributed by atoms with Gasteiger partial charge >= 0.3 is 6.18 Å². The Hall–Kier alpha value is -4.26. The lowest BCUT2D eigenvalue weighted by Crippen LogP contribution is -2.19. The van der Waals surface area contributed by atoms with Gasteiger partial charge in [0.25, 0.3) is 5.91 Å². The Morgan fingerprint density at radius 2 is 1.92 bits per heavy atom. The predicted octanol–water partition coefficient (Wildman–Crippen LogP) is 4.65. The summed E-state index contributed by atoms with van der Waals surface area (Å²) >= 11 is 5.81. The number of hydrogen-bond acceptors (Lipinski definition) is 7. The molecule has 0 atom stereocenters. The van der Waals surface area contributed by atoms with Gasteiger partial charge in [0.1, 0.15) is 11.4 Å². The average molecular weight is 522 g/mol. The Labute approximate surface area is 206 Å². The van der Waals surface area contributed by atoms with Crippen molar-refractivity contribution in [3.63, 3.8) is 0 Å². The van der Waals surface area contributed by atoms with Gasteiger partial charge in [-0.25, -0.2) is 19.0 Å². The first-order valence-corrected chi connectivity index (χ1v) is 10.5. The number of nitrogens with one attached hydrogen (secondary N) is 2. The number of anilines is 2. The van der Waals surface area contributed by atoms with Gasteiger partial charge in [0, 0.05) is 42.5 Å². The van der Waals surface area contributed by atoms with E-state index in [0.717, 1.165) is 23.0 Å². The molecule has 1 amide bonds. The van der Waals surface area contributed by atoms with Crippen LogP contribution in [0.4, 0.5) is 29.2 Å².